The Balaban J connectivity index is 2.18. The Labute approximate surface area is 117 Å². The van der Waals surface area contributed by atoms with Gasteiger partial charge in [-0.15, -0.1) is 4.91 Å². The maximum absolute atomic E-state index is 10.6. The highest BCUT2D eigenvalue weighted by Gasteiger charge is 2.20. The number of nitrogens with zero attached hydrogens (tertiary/aromatic N) is 1. The minimum atomic E-state index is 0.767. The molecule has 3 rings (SSSR count). The number of methoxy groups -OCH3 is 1. The van der Waals surface area contributed by atoms with Gasteiger partial charge in [-0.05, 0) is 45.6 Å². The standard InChI is InChI=1S/C17H13NO2/c1-20-14-7-8-15-16(12-5-3-2-4-6-12)9-13(11-18-19)17(15)10-14/h2-11H,1H3. The molecule has 0 radical (unpaired) electrons. The van der Waals surface area contributed by atoms with Gasteiger partial charge in [0, 0.05) is 5.57 Å². The van der Waals surface area contributed by atoms with Crippen molar-refractivity contribution in [2.75, 3.05) is 7.11 Å². The Kier molecular flexibility index (Phi) is 3.17. The van der Waals surface area contributed by atoms with Crippen molar-refractivity contribution in [2.45, 2.75) is 0 Å². The Morgan fingerprint density at radius 1 is 1.05 bits per heavy atom. The molecule has 1 aliphatic carbocycles. The first-order valence-electron chi connectivity index (χ1n) is 6.32. The van der Waals surface area contributed by atoms with Crippen LogP contribution in [0.2, 0.25) is 0 Å². The molecule has 3 nitrogen and oxygen atoms in total. The SMILES string of the molecule is COc1ccc2c(c1)C(=CN=O)C=C2c1ccccc1. The summed E-state index contributed by atoms with van der Waals surface area (Å²) >= 11 is 0. The van der Waals surface area contributed by atoms with Crippen LogP contribution in [-0.4, -0.2) is 7.11 Å². The molecule has 0 saturated heterocycles. The third kappa shape index (κ3) is 2.03. The molecule has 2 aromatic carbocycles. The van der Waals surface area contributed by atoms with Gasteiger partial charge >= 0.3 is 0 Å². The highest BCUT2D eigenvalue weighted by molar-refractivity contribution is 6.01. The van der Waals surface area contributed by atoms with E-state index in [1.165, 1.54) is 6.20 Å². The quantitative estimate of drug-likeness (QED) is 0.776. The van der Waals surface area contributed by atoms with Crippen molar-refractivity contribution in [3.8, 4) is 5.75 Å². The largest absolute Gasteiger partial charge is 0.497 e. The molecule has 0 spiro atoms. The van der Waals surface area contributed by atoms with Crippen molar-refractivity contribution in [2.24, 2.45) is 5.18 Å². The van der Waals surface area contributed by atoms with Crippen molar-refractivity contribution in [1.29, 1.82) is 0 Å². The summed E-state index contributed by atoms with van der Waals surface area (Å²) in [6, 6.07) is 16.0. The predicted molar refractivity (Wildman–Crippen MR) is 80.3 cm³/mol. The first-order valence-corrected chi connectivity index (χ1v) is 6.32. The molecule has 0 bridgehead atoms. The zero-order valence-corrected chi connectivity index (χ0v) is 11.0. The van der Waals surface area contributed by atoms with Crippen molar-refractivity contribution >= 4 is 11.1 Å². The second-order valence-corrected chi connectivity index (χ2v) is 4.53. The third-order valence-electron chi connectivity index (χ3n) is 3.40. The molecular formula is C17H13NO2. The summed E-state index contributed by atoms with van der Waals surface area (Å²) in [7, 11) is 1.63. The van der Waals surface area contributed by atoms with Crippen LogP contribution in [0, 0.1) is 4.91 Å². The summed E-state index contributed by atoms with van der Waals surface area (Å²) in [6.07, 6.45) is 3.33. The maximum Gasteiger partial charge on any atom is 0.119 e. The zero-order valence-electron chi connectivity index (χ0n) is 11.0. The van der Waals surface area contributed by atoms with Crippen LogP contribution in [0.3, 0.4) is 0 Å². The van der Waals surface area contributed by atoms with Crippen molar-refractivity contribution in [1.82, 2.24) is 0 Å². The van der Waals surface area contributed by atoms with E-state index in [9.17, 15) is 4.91 Å². The lowest BCUT2D eigenvalue weighted by Gasteiger charge is -2.07. The van der Waals surface area contributed by atoms with Gasteiger partial charge in [-0.1, -0.05) is 36.4 Å². The van der Waals surface area contributed by atoms with E-state index in [1.54, 1.807) is 7.11 Å². The molecule has 0 amide bonds. The number of hydrogen-bond donors (Lipinski definition) is 0. The first kappa shape index (κ1) is 12.4. The molecule has 98 valence electrons. The molecule has 3 heteroatoms. The topological polar surface area (TPSA) is 38.7 Å². The summed E-state index contributed by atoms with van der Waals surface area (Å²) in [4.78, 5) is 10.6. The molecule has 0 atom stereocenters. The molecule has 2 aromatic rings. The number of rotatable bonds is 3. The van der Waals surface area contributed by atoms with Crippen LogP contribution < -0.4 is 4.74 Å². The average molecular weight is 263 g/mol. The Bertz CT molecular complexity index is 715. The second-order valence-electron chi connectivity index (χ2n) is 4.53. The minimum absolute atomic E-state index is 0.767. The van der Waals surface area contributed by atoms with Crippen LogP contribution in [0.15, 0.2) is 66.0 Å². The fourth-order valence-corrected chi connectivity index (χ4v) is 2.46. The molecule has 0 saturated carbocycles. The summed E-state index contributed by atoms with van der Waals surface area (Å²) < 4.78 is 5.25. The van der Waals surface area contributed by atoms with E-state index < -0.39 is 0 Å². The van der Waals surface area contributed by atoms with Crippen molar-refractivity contribution < 1.29 is 4.74 Å². The number of nitroso groups, excluding NO2 is 1. The summed E-state index contributed by atoms with van der Waals surface area (Å²) in [5.41, 5.74) is 5.09. The number of benzene rings is 2. The summed E-state index contributed by atoms with van der Waals surface area (Å²) in [6.45, 7) is 0. The van der Waals surface area contributed by atoms with Crippen molar-refractivity contribution in [3.05, 3.63) is 82.4 Å². The molecule has 20 heavy (non-hydrogen) atoms. The number of allylic oxidation sites excluding steroid dienone is 2. The Hall–Kier alpha value is -2.68. The smallest absolute Gasteiger partial charge is 0.119 e. The van der Waals surface area contributed by atoms with E-state index in [0.29, 0.717) is 0 Å². The van der Waals surface area contributed by atoms with E-state index in [-0.39, 0.29) is 0 Å². The maximum atomic E-state index is 10.6. The van der Waals surface area contributed by atoms with Gasteiger partial charge in [-0.25, -0.2) is 0 Å². The molecule has 0 heterocycles. The van der Waals surface area contributed by atoms with Crippen LogP contribution in [0.1, 0.15) is 16.7 Å². The predicted octanol–water partition coefficient (Wildman–Crippen LogP) is 4.25. The van der Waals surface area contributed by atoms with Crippen LogP contribution in [0.25, 0.3) is 11.1 Å². The van der Waals surface area contributed by atoms with Crippen LogP contribution in [0.5, 0.6) is 5.75 Å². The van der Waals surface area contributed by atoms with Gasteiger partial charge in [0.15, 0.2) is 0 Å². The Morgan fingerprint density at radius 2 is 1.85 bits per heavy atom. The highest BCUT2D eigenvalue weighted by Crippen LogP contribution is 2.40. The lowest BCUT2D eigenvalue weighted by atomic mass is 9.99. The molecule has 0 aliphatic heterocycles. The molecule has 0 unspecified atom stereocenters. The van der Waals surface area contributed by atoms with E-state index in [2.05, 4.69) is 17.3 Å². The van der Waals surface area contributed by atoms with Gasteiger partial charge < -0.3 is 4.74 Å². The van der Waals surface area contributed by atoms with Crippen molar-refractivity contribution in [3.63, 3.8) is 0 Å². The average Bonchev–Trinajstić information content (AvgIpc) is 2.86. The van der Waals surface area contributed by atoms with E-state index in [0.717, 1.165) is 33.6 Å². The van der Waals surface area contributed by atoms with E-state index in [4.69, 9.17) is 4.74 Å². The normalized spacial score (nSPS) is 14.8. The van der Waals surface area contributed by atoms with Crippen LogP contribution in [-0.2, 0) is 0 Å². The molecular weight excluding hydrogens is 250 g/mol. The van der Waals surface area contributed by atoms with Gasteiger partial charge in [-0.3, -0.25) is 0 Å². The van der Waals surface area contributed by atoms with Gasteiger partial charge in [-0.2, -0.15) is 0 Å². The van der Waals surface area contributed by atoms with Gasteiger partial charge in [0.1, 0.15) is 5.75 Å². The zero-order chi connectivity index (χ0) is 13.9. The first-order chi connectivity index (χ1) is 9.83. The lowest BCUT2D eigenvalue weighted by Crippen LogP contribution is -1.89. The lowest BCUT2D eigenvalue weighted by molar-refractivity contribution is 0.414. The molecule has 0 N–H and O–H groups in total. The van der Waals surface area contributed by atoms with Gasteiger partial charge in [0.25, 0.3) is 0 Å². The third-order valence-corrected chi connectivity index (χ3v) is 3.40. The number of ether oxygens (including phenoxy) is 1. The van der Waals surface area contributed by atoms with Crippen LogP contribution >= 0.6 is 0 Å². The second kappa shape index (κ2) is 5.13. The molecule has 0 fully saturated rings. The Morgan fingerprint density at radius 3 is 2.55 bits per heavy atom. The number of fused-ring (bicyclic) bond motifs is 1. The van der Waals surface area contributed by atoms with E-state index >= 15 is 0 Å². The minimum Gasteiger partial charge on any atom is -0.497 e. The summed E-state index contributed by atoms with van der Waals surface area (Å²) in [5.74, 6) is 0.767. The number of hydrogen-bond acceptors (Lipinski definition) is 3. The highest BCUT2D eigenvalue weighted by atomic mass is 16.5. The van der Waals surface area contributed by atoms with Gasteiger partial charge in [0.2, 0.25) is 0 Å². The fourth-order valence-electron chi connectivity index (χ4n) is 2.46. The fraction of sp³-hybridized carbons (Fsp3) is 0.0588. The molecule has 1 aliphatic rings. The monoisotopic (exact) mass is 263 g/mol. The van der Waals surface area contributed by atoms with Gasteiger partial charge in [0.05, 0.1) is 13.3 Å². The summed E-state index contributed by atoms with van der Waals surface area (Å²) in [5, 5.41) is 2.90. The van der Waals surface area contributed by atoms with Crippen LogP contribution in [0.4, 0.5) is 0 Å². The molecule has 0 aromatic heterocycles. The van der Waals surface area contributed by atoms with E-state index in [1.807, 2.05) is 42.5 Å².